The first kappa shape index (κ1) is 15.3. The molecule has 2 bridgehead atoms. The first-order valence-corrected chi connectivity index (χ1v) is 8.02. The van der Waals surface area contributed by atoms with Crippen LogP contribution in [0.1, 0.15) is 33.3 Å². The Morgan fingerprint density at radius 1 is 1.23 bits per heavy atom. The Morgan fingerprint density at radius 3 is 2.41 bits per heavy atom. The van der Waals surface area contributed by atoms with E-state index in [0.717, 1.165) is 13.1 Å². The van der Waals surface area contributed by atoms with E-state index in [4.69, 9.17) is 0 Å². The number of fused-ring (bicyclic) bond motifs is 2. The van der Waals surface area contributed by atoms with Crippen LogP contribution in [0.4, 0.5) is 4.79 Å². The van der Waals surface area contributed by atoms with Crippen LogP contribution in [0.5, 0.6) is 0 Å². The SMILES string of the molecule is CC(C)(C)[C@@]1(C)[C@H]2CN(C(=O)O)[C@@H]1CN2Cc1ccccc1. The molecule has 2 saturated heterocycles. The van der Waals surface area contributed by atoms with E-state index in [1.54, 1.807) is 4.90 Å². The van der Waals surface area contributed by atoms with E-state index in [-0.39, 0.29) is 22.9 Å². The molecule has 1 aromatic rings. The van der Waals surface area contributed by atoms with Crippen molar-refractivity contribution in [2.75, 3.05) is 13.1 Å². The highest BCUT2D eigenvalue weighted by atomic mass is 16.4. The van der Waals surface area contributed by atoms with Crippen molar-refractivity contribution >= 4 is 6.09 Å². The third-order valence-electron chi connectivity index (χ3n) is 6.07. The zero-order valence-corrected chi connectivity index (χ0v) is 13.9. The van der Waals surface area contributed by atoms with Crippen LogP contribution >= 0.6 is 0 Å². The molecule has 0 unspecified atom stereocenters. The van der Waals surface area contributed by atoms with Gasteiger partial charge >= 0.3 is 6.09 Å². The molecule has 3 atom stereocenters. The largest absolute Gasteiger partial charge is 0.465 e. The topological polar surface area (TPSA) is 43.8 Å². The number of carbonyl (C=O) groups is 1. The molecule has 120 valence electrons. The maximum atomic E-state index is 11.6. The molecule has 4 nitrogen and oxygen atoms in total. The second kappa shape index (κ2) is 4.98. The van der Waals surface area contributed by atoms with Gasteiger partial charge in [0, 0.05) is 31.1 Å². The van der Waals surface area contributed by atoms with Crippen LogP contribution in [0.3, 0.4) is 0 Å². The summed E-state index contributed by atoms with van der Waals surface area (Å²) < 4.78 is 0. The van der Waals surface area contributed by atoms with Crippen LogP contribution in [0, 0.1) is 10.8 Å². The third kappa shape index (κ3) is 2.12. The number of benzene rings is 1. The Balaban J connectivity index is 1.89. The van der Waals surface area contributed by atoms with Gasteiger partial charge < -0.3 is 10.0 Å². The van der Waals surface area contributed by atoms with E-state index in [2.05, 4.69) is 56.9 Å². The first-order chi connectivity index (χ1) is 10.2. The van der Waals surface area contributed by atoms with Gasteiger partial charge in [-0.15, -0.1) is 0 Å². The van der Waals surface area contributed by atoms with Crippen molar-refractivity contribution in [1.82, 2.24) is 9.80 Å². The minimum Gasteiger partial charge on any atom is -0.465 e. The summed E-state index contributed by atoms with van der Waals surface area (Å²) in [4.78, 5) is 15.7. The number of carboxylic acid groups (broad SMARTS) is 1. The molecular weight excluding hydrogens is 276 g/mol. The molecule has 2 aliphatic heterocycles. The number of hydrogen-bond donors (Lipinski definition) is 1. The molecule has 2 heterocycles. The van der Waals surface area contributed by atoms with Gasteiger partial charge in [-0.25, -0.2) is 4.79 Å². The fourth-order valence-electron chi connectivity index (χ4n) is 4.39. The second-order valence-corrected chi connectivity index (χ2v) is 7.91. The zero-order chi connectivity index (χ0) is 16.1. The van der Waals surface area contributed by atoms with E-state index in [9.17, 15) is 9.90 Å². The smallest absolute Gasteiger partial charge is 0.407 e. The highest BCUT2D eigenvalue weighted by molar-refractivity contribution is 5.67. The van der Waals surface area contributed by atoms with Gasteiger partial charge in [0.05, 0.1) is 6.04 Å². The lowest BCUT2D eigenvalue weighted by atomic mass is 9.63. The van der Waals surface area contributed by atoms with Crippen LogP contribution in [0.15, 0.2) is 30.3 Å². The number of rotatable bonds is 2. The van der Waals surface area contributed by atoms with Crippen molar-refractivity contribution in [3.8, 4) is 0 Å². The van der Waals surface area contributed by atoms with E-state index < -0.39 is 6.09 Å². The summed E-state index contributed by atoms with van der Waals surface area (Å²) >= 11 is 0. The molecule has 2 fully saturated rings. The van der Waals surface area contributed by atoms with Crippen molar-refractivity contribution in [3.05, 3.63) is 35.9 Å². The highest BCUT2D eigenvalue weighted by Crippen LogP contribution is 2.56. The molecule has 1 N–H and O–H groups in total. The van der Waals surface area contributed by atoms with E-state index in [1.807, 2.05) is 6.07 Å². The Bertz CT molecular complexity index is 566. The Hall–Kier alpha value is -1.55. The summed E-state index contributed by atoms with van der Waals surface area (Å²) in [6.45, 7) is 11.4. The normalized spacial score (nSPS) is 31.7. The molecule has 2 aliphatic rings. The fourth-order valence-corrected chi connectivity index (χ4v) is 4.39. The van der Waals surface area contributed by atoms with Gasteiger partial charge in [0.1, 0.15) is 0 Å². The minimum atomic E-state index is -0.776. The van der Waals surface area contributed by atoms with Crippen molar-refractivity contribution in [2.45, 2.75) is 46.3 Å². The number of likely N-dealkylation sites (tertiary alicyclic amines) is 2. The molecule has 0 aliphatic carbocycles. The summed E-state index contributed by atoms with van der Waals surface area (Å²) in [7, 11) is 0. The molecule has 0 radical (unpaired) electrons. The standard InChI is InChI=1S/C18H26N2O2/c1-17(2,3)18(4)14-12-20(16(21)22)15(18)11-19(14)10-13-8-6-5-7-9-13/h5-9,14-15H,10-12H2,1-4H3,(H,21,22)/t14-,15-,18+/m1/s1. The van der Waals surface area contributed by atoms with Crippen molar-refractivity contribution in [3.63, 3.8) is 0 Å². The number of hydrogen-bond acceptors (Lipinski definition) is 2. The van der Waals surface area contributed by atoms with Crippen LogP contribution in [0.2, 0.25) is 0 Å². The molecule has 0 spiro atoms. The molecule has 1 amide bonds. The van der Waals surface area contributed by atoms with E-state index >= 15 is 0 Å². The maximum Gasteiger partial charge on any atom is 0.407 e. The summed E-state index contributed by atoms with van der Waals surface area (Å²) in [5.74, 6) is 0. The molecule has 22 heavy (non-hydrogen) atoms. The van der Waals surface area contributed by atoms with Gasteiger partial charge in [-0.3, -0.25) is 4.90 Å². The molecule has 1 aromatic carbocycles. The number of piperazine rings is 1. The Labute approximate surface area is 132 Å². The predicted molar refractivity (Wildman–Crippen MR) is 86.7 cm³/mol. The monoisotopic (exact) mass is 302 g/mol. The maximum absolute atomic E-state index is 11.6. The molecule has 0 aromatic heterocycles. The highest BCUT2D eigenvalue weighted by Gasteiger charge is 2.64. The quantitative estimate of drug-likeness (QED) is 0.911. The average molecular weight is 302 g/mol. The third-order valence-corrected chi connectivity index (χ3v) is 6.07. The van der Waals surface area contributed by atoms with Crippen molar-refractivity contribution < 1.29 is 9.90 Å². The lowest BCUT2D eigenvalue weighted by Crippen LogP contribution is -2.48. The van der Waals surface area contributed by atoms with E-state index in [1.165, 1.54) is 5.56 Å². The summed E-state index contributed by atoms with van der Waals surface area (Å²) in [6.07, 6.45) is -0.776. The van der Waals surface area contributed by atoms with Gasteiger partial charge in [0.15, 0.2) is 0 Å². The van der Waals surface area contributed by atoms with Gasteiger partial charge in [-0.05, 0) is 11.0 Å². The van der Waals surface area contributed by atoms with Gasteiger partial charge in [-0.2, -0.15) is 0 Å². The Kier molecular flexibility index (Phi) is 3.48. The lowest BCUT2D eigenvalue weighted by Gasteiger charge is -2.42. The minimum absolute atomic E-state index is 0.0137. The van der Waals surface area contributed by atoms with Gasteiger partial charge in [-0.1, -0.05) is 58.0 Å². The second-order valence-electron chi connectivity index (χ2n) is 7.91. The zero-order valence-electron chi connectivity index (χ0n) is 13.9. The summed E-state index contributed by atoms with van der Waals surface area (Å²) in [5.41, 5.74) is 1.35. The number of nitrogens with zero attached hydrogens (tertiary/aromatic N) is 2. The average Bonchev–Trinajstić information content (AvgIpc) is 2.89. The first-order valence-electron chi connectivity index (χ1n) is 8.02. The van der Waals surface area contributed by atoms with Gasteiger partial charge in [0.25, 0.3) is 0 Å². The van der Waals surface area contributed by atoms with Crippen LogP contribution < -0.4 is 0 Å². The molecule has 4 heteroatoms. The van der Waals surface area contributed by atoms with Crippen LogP contribution in [-0.2, 0) is 6.54 Å². The Morgan fingerprint density at radius 2 is 1.86 bits per heavy atom. The molecule has 0 saturated carbocycles. The fraction of sp³-hybridized carbons (Fsp3) is 0.611. The molecular formula is C18H26N2O2. The van der Waals surface area contributed by atoms with Crippen molar-refractivity contribution in [2.24, 2.45) is 10.8 Å². The van der Waals surface area contributed by atoms with Gasteiger partial charge in [0.2, 0.25) is 0 Å². The van der Waals surface area contributed by atoms with Crippen molar-refractivity contribution in [1.29, 1.82) is 0 Å². The summed E-state index contributed by atoms with van der Waals surface area (Å²) in [5, 5.41) is 9.52. The lowest BCUT2D eigenvalue weighted by molar-refractivity contribution is 0.0686. The van der Waals surface area contributed by atoms with E-state index in [0.29, 0.717) is 6.54 Å². The van der Waals surface area contributed by atoms with Crippen LogP contribution in [-0.4, -0.2) is 46.2 Å². The predicted octanol–water partition coefficient (Wildman–Crippen LogP) is 3.29. The molecule has 3 rings (SSSR count). The van der Waals surface area contributed by atoms with Crippen LogP contribution in [0.25, 0.3) is 0 Å². The number of amides is 1. The summed E-state index contributed by atoms with van der Waals surface area (Å²) in [6, 6.07) is 10.8.